The van der Waals surface area contributed by atoms with Crippen molar-refractivity contribution in [1.29, 1.82) is 0 Å². The first kappa shape index (κ1) is 49.7. The van der Waals surface area contributed by atoms with Crippen molar-refractivity contribution < 1.29 is 58.3 Å². The van der Waals surface area contributed by atoms with Crippen LogP contribution in [0.5, 0.6) is 0 Å². The van der Waals surface area contributed by atoms with Gasteiger partial charge in [0.05, 0.1) is 41.2 Å². The second kappa shape index (κ2) is 22.2. The van der Waals surface area contributed by atoms with Gasteiger partial charge in [-0.25, -0.2) is 25.4 Å². The van der Waals surface area contributed by atoms with Crippen molar-refractivity contribution in [2.24, 2.45) is 11.8 Å². The summed E-state index contributed by atoms with van der Waals surface area (Å²) in [7, 11) is 0. The molecule has 0 aromatic carbocycles. The van der Waals surface area contributed by atoms with Gasteiger partial charge in [0.15, 0.2) is 5.78 Å². The lowest BCUT2D eigenvalue weighted by Gasteiger charge is -2.33. The number of hydrogen-bond acceptors (Lipinski definition) is 13. The number of carbonyl (C=O) groups is 4. The zero-order valence-electron chi connectivity index (χ0n) is 34.3. The first-order valence-electron chi connectivity index (χ1n) is 18.2. The quantitative estimate of drug-likeness (QED) is 0.0170. The van der Waals surface area contributed by atoms with Crippen LogP contribution in [0.4, 0.5) is 0 Å². The molecule has 16 nitrogen and oxygen atoms in total. The van der Waals surface area contributed by atoms with Crippen LogP contribution in [0.3, 0.4) is 0 Å². The second-order valence-corrected chi connectivity index (χ2v) is 17.4. The lowest BCUT2D eigenvalue weighted by molar-refractivity contribution is -0.535. The number of Topliss-reactive ketones (excluding diaryl/α,β-unsaturated/α-hetero) is 1. The van der Waals surface area contributed by atoms with E-state index in [0.717, 1.165) is 38.5 Å². The molecule has 0 aromatic rings. The lowest BCUT2D eigenvalue weighted by atomic mass is 9.91. The minimum absolute atomic E-state index is 0.188. The van der Waals surface area contributed by atoms with Crippen LogP contribution in [-0.2, 0) is 58.3 Å². The van der Waals surface area contributed by atoms with E-state index in [2.05, 4.69) is 16.3 Å². The molecule has 0 fully saturated rings. The smallest absolute Gasteiger partial charge is 0.248 e. The fourth-order valence-corrected chi connectivity index (χ4v) is 4.02. The molecule has 1 unspecified atom stereocenters. The molecule has 52 heavy (non-hydrogen) atoms. The van der Waals surface area contributed by atoms with E-state index in [4.69, 9.17) is 44.9 Å². The molecule has 5 N–H and O–H groups in total. The van der Waals surface area contributed by atoms with Crippen LogP contribution in [0.2, 0.25) is 0 Å². The minimum atomic E-state index is -1.71. The van der Waals surface area contributed by atoms with Crippen LogP contribution in [0.25, 0.3) is 0 Å². The molecule has 0 aliphatic carbocycles. The van der Waals surface area contributed by atoms with Crippen molar-refractivity contribution >= 4 is 23.5 Å². The average molecular weight is 751 g/mol. The van der Waals surface area contributed by atoms with Gasteiger partial charge in [0.25, 0.3) is 0 Å². The Kier molecular flexibility index (Phi) is 21.2. The number of ketones is 1. The summed E-state index contributed by atoms with van der Waals surface area (Å²) in [6.45, 7) is 24.1. The highest BCUT2D eigenvalue weighted by molar-refractivity contribution is 6.02. The third-order valence-corrected chi connectivity index (χ3v) is 6.44. The Morgan fingerprint density at radius 2 is 0.846 bits per heavy atom. The van der Waals surface area contributed by atoms with Gasteiger partial charge in [0, 0.05) is 6.42 Å². The summed E-state index contributed by atoms with van der Waals surface area (Å²) in [4.78, 5) is 95.7. The monoisotopic (exact) mass is 750 g/mol. The van der Waals surface area contributed by atoms with Crippen LogP contribution in [0.15, 0.2) is 0 Å². The van der Waals surface area contributed by atoms with Crippen LogP contribution >= 0.6 is 0 Å². The van der Waals surface area contributed by atoms with Gasteiger partial charge >= 0.3 is 0 Å². The molecule has 0 saturated heterocycles. The van der Waals surface area contributed by atoms with Crippen molar-refractivity contribution in [2.75, 3.05) is 0 Å². The molecule has 0 aliphatic heterocycles. The molecule has 3 amide bonds. The van der Waals surface area contributed by atoms with Gasteiger partial charge in [-0.2, -0.15) is 19.6 Å². The standard InChI is InChI=1S/C36H70N4O12/c1-31(2,3)45-49-35(13,50-46-32(4,5)6)24-27(41)26(22-20-18-16-15-17-19-21-23-28(42)38-37)30(44)40-39-29(43)25-36(14,51-47-33(7,8)9)52-48-34(10,11)12/h26H,15-25,37H2,1-14H3,(H,38,42)(H,39,43)(H,40,44). The van der Waals surface area contributed by atoms with Gasteiger partial charge in [0.1, 0.15) is 0 Å². The van der Waals surface area contributed by atoms with Crippen LogP contribution in [0.1, 0.15) is 168 Å². The molecule has 0 rings (SSSR count). The number of amides is 3. The molecule has 0 aromatic heterocycles. The normalized spacial score (nSPS) is 13.8. The summed E-state index contributed by atoms with van der Waals surface area (Å²) in [5.74, 6) is -1.60. The Bertz CT molecular complexity index is 1050. The number of nitrogens with one attached hydrogen (secondary N) is 3. The lowest BCUT2D eigenvalue weighted by Crippen LogP contribution is -2.50. The SMILES string of the molecule is CC(C)(C)OOC(C)(CC(=O)NNC(=O)C(CCCCCCCCCC(=O)NN)C(=O)CC(C)(OOC(C)(C)C)OOC(C)(C)C)OOC(C)(C)C. The van der Waals surface area contributed by atoms with Gasteiger partial charge in [-0.05, 0) is 110 Å². The van der Waals surface area contributed by atoms with Crippen molar-refractivity contribution in [3.8, 4) is 0 Å². The molecule has 306 valence electrons. The van der Waals surface area contributed by atoms with E-state index < -0.39 is 70.3 Å². The molecule has 0 radical (unpaired) electrons. The first-order valence-corrected chi connectivity index (χ1v) is 18.2. The number of rotatable bonds is 24. The van der Waals surface area contributed by atoms with E-state index in [1.54, 1.807) is 83.1 Å². The van der Waals surface area contributed by atoms with Gasteiger partial charge in [-0.1, -0.05) is 38.5 Å². The van der Waals surface area contributed by atoms with Gasteiger partial charge < -0.3 is 0 Å². The van der Waals surface area contributed by atoms with Crippen LogP contribution in [-0.4, -0.2) is 57.5 Å². The first-order chi connectivity index (χ1) is 23.6. The van der Waals surface area contributed by atoms with Crippen molar-refractivity contribution in [2.45, 2.75) is 202 Å². The second-order valence-electron chi connectivity index (χ2n) is 17.4. The molecule has 0 saturated carbocycles. The van der Waals surface area contributed by atoms with E-state index in [1.165, 1.54) is 13.8 Å². The molecular formula is C36H70N4O12. The summed E-state index contributed by atoms with van der Waals surface area (Å²) < 4.78 is 0. The summed E-state index contributed by atoms with van der Waals surface area (Å²) in [6, 6.07) is 0. The highest BCUT2D eigenvalue weighted by Gasteiger charge is 2.41. The largest absolute Gasteiger partial charge is 0.299 e. The zero-order chi connectivity index (χ0) is 40.4. The number of hydrazine groups is 2. The molecule has 0 bridgehead atoms. The number of hydrogen-bond donors (Lipinski definition) is 4. The molecule has 0 aliphatic rings. The van der Waals surface area contributed by atoms with E-state index in [0.29, 0.717) is 12.8 Å². The number of carbonyl (C=O) groups excluding carboxylic acids is 4. The minimum Gasteiger partial charge on any atom is -0.299 e. The Hall–Kier alpha value is -2.28. The molecule has 0 heterocycles. The van der Waals surface area contributed by atoms with Gasteiger partial charge in [-0.3, -0.25) is 35.5 Å². The summed E-state index contributed by atoms with van der Waals surface area (Å²) in [6.07, 6.45) is 5.41. The predicted molar refractivity (Wildman–Crippen MR) is 192 cm³/mol. The molecule has 16 heteroatoms. The Morgan fingerprint density at radius 3 is 1.23 bits per heavy atom. The summed E-state index contributed by atoms with van der Waals surface area (Å²) in [5, 5.41) is 0. The van der Waals surface area contributed by atoms with Crippen LogP contribution in [0, 0.1) is 5.92 Å². The molecular weight excluding hydrogens is 680 g/mol. The molecule has 0 spiro atoms. The average Bonchev–Trinajstić information content (AvgIpc) is 2.99. The highest BCUT2D eigenvalue weighted by Crippen LogP contribution is 2.28. The maximum absolute atomic E-state index is 13.8. The Labute approximate surface area is 311 Å². The predicted octanol–water partition coefficient (Wildman–Crippen LogP) is 6.02. The topological polar surface area (TPSA) is 204 Å². The Balaban J connectivity index is 5.79. The summed E-state index contributed by atoms with van der Waals surface area (Å²) in [5.41, 5.74) is 3.91. The van der Waals surface area contributed by atoms with Crippen molar-refractivity contribution in [3.05, 3.63) is 0 Å². The highest BCUT2D eigenvalue weighted by atomic mass is 17.3. The van der Waals surface area contributed by atoms with E-state index in [9.17, 15) is 19.2 Å². The zero-order valence-corrected chi connectivity index (χ0v) is 34.3. The third-order valence-electron chi connectivity index (χ3n) is 6.44. The van der Waals surface area contributed by atoms with E-state index in [1.807, 2.05) is 0 Å². The van der Waals surface area contributed by atoms with E-state index in [-0.39, 0.29) is 12.3 Å². The van der Waals surface area contributed by atoms with Crippen LogP contribution < -0.4 is 22.1 Å². The van der Waals surface area contributed by atoms with E-state index >= 15 is 0 Å². The maximum atomic E-state index is 13.8. The fraction of sp³-hybridized carbons (Fsp3) is 0.889. The summed E-state index contributed by atoms with van der Waals surface area (Å²) >= 11 is 0. The maximum Gasteiger partial charge on any atom is 0.248 e. The fourth-order valence-electron chi connectivity index (χ4n) is 4.02. The number of nitrogens with two attached hydrogens (primary N) is 1. The van der Waals surface area contributed by atoms with Gasteiger partial charge in [-0.15, -0.1) is 0 Å². The third kappa shape index (κ3) is 26.5. The molecule has 1 atom stereocenters. The van der Waals surface area contributed by atoms with Crippen molar-refractivity contribution in [3.63, 3.8) is 0 Å². The Morgan fingerprint density at radius 1 is 0.481 bits per heavy atom. The van der Waals surface area contributed by atoms with Crippen molar-refractivity contribution in [1.82, 2.24) is 16.3 Å². The van der Waals surface area contributed by atoms with Gasteiger partial charge in [0.2, 0.25) is 29.3 Å². The number of unbranched alkanes of at least 4 members (excludes halogenated alkanes) is 6.